The van der Waals surface area contributed by atoms with E-state index in [4.69, 9.17) is 10.6 Å². The number of pyridine rings is 1. The second-order valence-electron chi connectivity index (χ2n) is 11.0. The maximum atomic E-state index is 13.3. The zero-order valence-corrected chi connectivity index (χ0v) is 24.3. The molecular weight excluding hydrogens is 574 g/mol. The monoisotopic (exact) mass is 605 g/mol. The average molecular weight is 606 g/mol. The number of aliphatic carboxylic acids is 1. The van der Waals surface area contributed by atoms with Crippen LogP contribution in [0.25, 0.3) is 0 Å². The molecule has 1 saturated carbocycles. The minimum Gasteiger partial charge on any atom is -0.543 e. The Morgan fingerprint density at radius 1 is 1.21 bits per heavy atom. The first-order chi connectivity index (χ1) is 20.7. The first kappa shape index (κ1) is 28.5. The number of hydrogen-bond donors (Lipinski definition) is 2. The second kappa shape index (κ2) is 11.6. The van der Waals surface area contributed by atoms with E-state index >= 15 is 0 Å². The Hall–Kier alpha value is -4.59. The summed E-state index contributed by atoms with van der Waals surface area (Å²) in [5.74, 6) is -2.98. The first-order valence-electron chi connectivity index (χ1n) is 14.2. The van der Waals surface area contributed by atoms with Crippen molar-refractivity contribution in [2.24, 2.45) is 12.2 Å². The van der Waals surface area contributed by atoms with Crippen molar-refractivity contribution in [2.75, 3.05) is 17.2 Å². The molecule has 0 aromatic carbocycles. The molecular formula is C29H31N7O6S. The number of thiazole rings is 1. The van der Waals surface area contributed by atoms with Crippen LogP contribution in [0.2, 0.25) is 0 Å². The van der Waals surface area contributed by atoms with Gasteiger partial charge in [-0.25, -0.2) is 9.55 Å². The van der Waals surface area contributed by atoms with Crippen molar-refractivity contribution in [2.45, 2.75) is 63.1 Å². The summed E-state index contributed by atoms with van der Waals surface area (Å²) in [7, 11) is 1.88. The van der Waals surface area contributed by atoms with E-state index in [1.165, 1.54) is 0 Å². The van der Waals surface area contributed by atoms with Crippen molar-refractivity contribution in [3.8, 4) is 0 Å². The van der Waals surface area contributed by atoms with Crippen molar-refractivity contribution in [3.05, 3.63) is 58.5 Å². The minimum absolute atomic E-state index is 0.0977. The molecule has 3 fully saturated rings. The van der Waals surface area contributed by atoms with Gasteiger partial charge >= 0.3 is 0 Å². The van der Waals surface area contributed by atoms with E-state index < -0.39 is 29.9 Å². The number of aromatic nitrogens is 2. The van der Waals surface area contributed by atoms with Crippen molar-refractivity contribution in [1.82, 2.24) is 15.2 Å². The molecule has 43 heavy (non-hydrogen) atoms. The van der Waals surface area contributed by atoms with E-state index in [1.54, 1.807) is 16.4 Å². The van der Waals surface area contributed by atoms with Gasteiger partial charge in [0.25, 0.3) is 17.7 Å². The summed E-state index contributed by atoms with van der Waals surface area (Å²) in [5, 5.41) is 20.9. The highest BCUT2D eigenvalue weighted by Crippen LogP contribution is 2.38. The largest absolute Gasteiger partial charge is 0.543 e. The van der Waals surface area contributed by atoms with Gasteiger partial charge in [-0.2, -0.15) is 0 Å². The summed E-state index contributed by atoms with van der Waals surface area (Å²) in [4.78, 5) is 64.6. The fraction of sp³-hybridized carbons (Fsp3) is 0.414. The van der Waals surface area contributed by atoms with Crippen LogP contribution < -0.4 is 25.6 Å². The topological polar surface area (TPSA) is 174 Å². The number of hydrogen-bond acceptors (Lipinski definition) is 10. The third-order valence-corrected chi connectivity index (χ3v) is 8.95. The van der Waals surface area contributed by atoms with Crippen LogP contribution in [0.1, 0.15) is 50.6 Å². The van der Waals surface area contributed by atoms with Gasteiger partial charge in [-0.3, -0.25) is 14.4 Å². The normalized spacial score (nSPS) is 23.6. The lowest BCUT2D eigenvalue weighted by Gasteiger charge is -2.51. The number of nitrogens with two attached hydrogens (primary N) is 1. The molecule has 4 aliphatic rings. The van der Waals surface area contributed by atoms with E-state index in [2.05, 4.69) is 15.5 Å². The third kappa shape index (κ3) is 5.49. The molecule has 2 aromatic heterocycles. The van der Waals surface area contributed by atoms with Crippen molar-refractivity contribution in [1.29, 1.82) is 0 Å². The summed E-state index contributed by atoms with van der Waals surface area (Å²) >= 11 is 1.15. The number of carboxylic acids is 1. The molecule has 14 heteroatoms. The number of β-lactam (4-membered cyclic amide) rings is 1. The van der Waals surface area contributed by atoms with Crippen LogP contribution >= 0.6 is 11.3 Å². The standard InChI is InChI=1S/C29H31N7O6S/c1-34-11-9-18(10-12-34)35-13-8-17(26(35)38)14-16-6-7-21-23(27(39)36(21)24(16)28(40)41)32-25(37)22(20-15-43-29(30)31-20)33-42-19-4-2-3-5-19/h9-12,14-15,19,21,23H,2-8,13H2,1H3,(H3-,30,31,32,37,40,41)/b17-14?,33-22-/t21-,23+/m1/s1. The molecule has 13 nitrogen and oxygen atoms in total. The molecule has 6 rings (SSSR count). The van der Waals surface area contributed by atoms with Gasteiger partial charge in [0.1, 0.15) is 24.9 Å². The molecule has 224 valence electrons. The Morgan fingerprint density at radius 3 is 2.63 bits per heavy atom. The van der Waals surface area contributed by atoms with Gasteiger partial charge in [0, 0.05) is 29.6 Å². The molecule has 3 N–H and O–H groups in total. The Kier molecular flexibility index (Phi) is 7.69. The Balaban J connectivity index is 1.19. The number of rotatable bonds is 8. The van der Waals surface area contributed by atoms with E-state index in [9.17, 15) is 24.3 Å². The van der Waals surface area contributed by atoms with E-state index in [1.807, 2.05) is 36.1 Å². The maximum Gasteiger partial charge on any atom is 0.276 e. The number of carbonyl (C=O) groups excluding carboxylic acids is 4. The maximum absolute atomic E-state index is 13.3. The number of aryl methyl sites for hydroxylation is 1. The van der Waals surface area contributed by atoms with Gasteiger partial charge in [0.05, 0.1) is 23.4 Å². The van der Waals surface area contributed by atoms with Crippen LogP contribution in [0.5, 0.6) is 0 Å². The summed E-state index contributed by atoms with van der Waals surface area (Å²) in [6.07, 6.45) is 9.97. The third-order valence-electron chi connectivity index (χ3n) is 8.27. The van der Waals surface area contributed by atoms with Crippen molar-refractivity contribution in [3.63, 3.8) is 0 Å². The number of allylic oxidation sites excluding steroid dienone is 2. The predicted molar refractivity (Wildman–Crippen MR) is 153 cm³/mol. The smallest absolute Gasteiger partial charge is 0.276 e. The summed E-state index contributed by atoms with van der Waals surface area (Å²) in [6.45, 7) is 0.463. The molecule has 3 amide bonds. The van der Waals surface area contributed by atoms with Gasteiger partial charge < -0.3 is 35.6 Å². The zero-order chi connectivity index (χ0) is 30.2. The highest BCUT2D eigenvalue weighted by Gasteiger charge is 2.52. The molecule has 0 bridgehead atoms. The summed E-state index contributed by atoms with van der Waals surface area (Å²) in [6, 6.07) is 2.12. The SMILES string of the molecule is C[n+]1ccc(N2CCC(=CC3=C(C(=O)[O-])N4C(=O)[C@@H](NC(=O)/C(=N\OC5CCCC5)c5csc(N)n5)[C@H]4CC3)C2=O)cc1. The second-order valence-corrected chi connectivity index (χ2v) is 11.9. The lowest BCUT2D eigenvalue weighted by Crippen LogP contribution is -2.72. The van der Waals surface area contributed by atoms with Crippen LogP contribution in [0.4, 0.5) is 10.8 Å². The zero-order valence-electron chi connectivity index (χ0n) is 23.5. The number of fused-ring (bicyclic) bond motifs is 1. The van der Waals surface area contributed by atoms with Gasteiger partial charge in [0.2, 0.25) is 0 Å². The summed E-state index contributed by atoms with van der Waals surface area (Å²) in [5.41, 5.74) is 7.19. The van der Waals surface area contributed by atoms with Crippen LogP contribution in [-0.2, 0) is 31.1 Å². The summed E-state index contributed by atoms with van der Waals surface area (Å²) < 4.78 is 1.86. The lowest BCUT2D eigenvalue weighted by atomic mass is 9.82. The highest BCUT2D eigenvalue weighted by molar-refractivity contribution is 7.13. The molecule has 5 heterocycles. The van der Waals surface area contributed by atoms with Crippen molar-refractivity contribution >= 4 is 51.6 Å². The number of anilines is 2. The number of nitrogen functional groups attached to an aromatic ring is 1. The van der Waals surface area contributed by atoms with Crippen LogP contribution in [0.3, 0.4) is 0 Å². The predicted octanol–water partition coefficient (Wildman–Crippen LogP) is 0.0698. The molecule has 2 atom stereocenters. The minimum atomic E-state index is -1.52. The van der Waals surface area contributed by atoms with Crippen LogP contribution in [-0.4, -0.2) is 64.0 Å². The first-order valence-corrected chi connectivity index (χ1v) is 15.1. The number of nitrogens with zero attached hydrogens (tertiary/aromatic N) is 5. The number of carbonyl (C=O) groups is 4. The van der Waals surface area contributed by atoms with E-state index in [0.29, 0.717) is 30.5 Å². The molecule has 2 aromatic rings. The average Bonchev–Trinajstić information content (AvgIpc) is 3.75. The van der Waals surface area contributed by atoms with E-state index in [-0.39, 0.29) is 40.7 Å². The van der Waals surface area contributed by atoms with Crippen LogP contribution in [0.15, 0.2) is 58.0 Å². The Morgan fingerprint density at radius 2 is 1.95 bits per heavy atom. The lowest BCUT2D eigenvalue weighted by molar-refractivity contribution is -0.671. The Labute approximate surface area is 251 Å². The van der Waals surface area contributed by atoms with Crippen molar-refractivity contribution < 1.29 is 33.7 Å². The molecule has 1 aliphatic carbocycles. The number of nitrogens with one attached hydrogen (secondary N) is 1. The van der Waals surface area contributed by atoms with Gasteiger partial charge in [-0.1, -0.05) is 5.16 Å². The van der Waals surface area contributed by atoms with Crippen LogP contribution in [0, 0.1) is 0 Å². The van der Waals surface area contributed by atoms with Gasteiger partial charge in [0.15, 0.2) is 23.2 Å². The number of carboxylic acid groups (broad SMARTS) is 1. The number of amides is 3. The highest BCUT2D eigenvalue weighted by atomic mass is 32.1. The van der Waals surface area contributed by atoms with Gasteiger partial charge in [-0.15, -0.1) is 11.3 Å². The molecule has 0 radical (unpaired) electrons. The molecule has 0 spiro atoms. The molecule has 2 saturated heterocycles. The fourth-order valence-corrected chi connectivity index (χ4v) is 6.58. The van der Waals surface area contributed by atoms with Gasteiger partial charge in [-0.05, 0) is 56.6 Å². The fourth-order valence-electron chi connectivity index (χ4n) is 6.03. The molecule has 0 unspecified atom stereocenters. The quantitative estimate of drug-likeness (QED) is 0.140. The number of oxime groups is 1. The Bertz CT molecular complexity index is 1570. The molecule has 3 aliphatic heterocycles. The van der Waals surface area contributed by atoms with E-state index in [0.717, 1.165) is 47.6 Å².